The van der Waals surface area contributed by atoms with Gasteiger partial charge in [-0.05, 0) is 64.5 Å². The van der Waals surface area contributed by atoms with Crippen LogP contribution in [0.5, 0.6) is 28.7 Å². The van der Waals surface area contributed by atoms with Gasteiger partial charge in [0.15, 0.2) is 17.3 Å². The third-order valence-electron chi connectivity index (χ3n) is 5.53. The van der Waals surface area contributed by atoms with Crippen LogP contribution in [-0.2, 0) is 6.42 Å². The number of hydrogen-bond acceptors (Lipinski definition) is 7. The van der Waals surface area contributed by atoms with E-state index in [1.54, 1.807) is 6.08 Å². The van der Waals surface area contributed by atoms with Crippen molar-refractivity contribution < 1.29 is 29.2 Å². The van der Waals surface area contributed by atoms with E-state index in [2.05, 4.69) is 0 Å². The Morgan fingerprint density at radius 2 is 1.88 bits per heavy atom. The summed E-state index contributed by atoms with van der Waals surface area (Å²) in [5.41, 5.74) is 1.40. The Bertz CT molecular complexity index is 1390. The minimum absolute atomic E-state index is 0.0116. The normalized spacial score (nSPS) is 14.0. The zero-order valence-electron chi connectivity index (χ0n) is 19.1. The van der Waals surface area contributed by atoms with Gasteiger partial charge in [0.1, 0.15) is 28.1 Å². The maximum Gasteiger partial charge on any atom is 0.239 e. The molecule has 7 heteroatoms. The van der Waals surface area contributed by atoms with Gasteiger partial charge in [0.25, 0.3) is 0 Å². The van der Waals surface area contributed by atoms with Crippen LogP contribution < -0.4 is 14.9 Å². The van der Waals surface area contributed by atoms with Crippen molar-refractivity contribution >= 4 is 17.0 Å². The second kappa shape index (κ2) is 7.92. The Kier molecular flexibility index (Phi) is 5.36. The SMILES string of the molecule is COc1c(-c2ccc(O)c(O)c2)oc2c(CC=C(C)C)c3c(c(O)c2c1=O)C=CC(C)(C)O3. The summed E-state index contributed by atoms with van der Waals surface area (Å²) in [6, 6.07) is 4.07. The zero-order valence-corrected chi connectivity index (χ0v) is 19.1. The summed E-state index contributed by atoms with van der Waals surface area (Å²) in [6.45, 7) is 7.72. The first-order chi connectivity index (χ1) is 15.5. The van der Waals surface area contributed by atoms with Crippen molar-refractivity contribution in [2.45, 2.75) is 39.7 Å². The van der Waals surface area contributed by atoms with Crippen LogP contribution in [0.2, 0.25) is 0 Å². The number of ether oxygens (including phenoxy) is 2. The first-order valence-electron chi connectivity index (χ1n) is 10.5. The molecule has 0 saturated carbocycles. The molecule has 3 N–H and O–H groups in total. The molecule has 3 aromatic rings. The van der Waals surface area contributed by atoms with Crippen LogP contribution in [0.4, 0.5) is 0 Å². The lowest BCUT2D eigenvalue weighted by atomic mass is 9.94. The van der Waals surface area contributed by atoms with Gasteiger partial charge in [0, 0.05) is 11.1 Å². The Hall–Kier alpha value is -3.87. The van der Waals surface area contributed by atoms with E-state index in [0.717, 1.165) is 5.57 Å². The highest BCUT2D eigenvalue weighted by molar-refractivity contribution is 5.96. The summed E-state index contributed by atoms with van der Waals surface area (Å²) >= 11 is 0. The number of rotatable bonds is 4. The molecule has 2 aromatic carbocycles. The molecule has 4 rings (SSSR count). The molecule has 33 heavy (non-hydrogen) atoms. The van der Waals surface area contributed by atoms with E-state index in [-0.39, 0.29) is 39.7 Å². The molecular weight excluding hydrogens is 424 g/mol. The van der Waals surface area contributed by atoms with E-state index in [4.69, 9.17) is 13.9 Å². The molecule has 2 heterocycles. The van der Waals surface area contributed by atoms with E-state index in [1.165, 1.54) is 25.3 Å². The summed E-state index contributed by atoms with van der Waals surface area (Å²) in [5, 5.41) is 30.7. The van der Waals surface area contributed by atoms with E-state index < -0.39 is 11.0 Å². The lowest BCUT2D eigenvalue weighted by molar-refractivity contribution is 0.157. The fourth-order valence-electron chi connectivity index (χ4n) is 3.84. The molecule has 0 bridgehead atoms. The van der Waals surface area contributed by atoms with Crippen molar-refractivity contribution in [2.24, 2.45) is 0 Å². The molecule has 0 fully saturated rings. The van der Waals surface area contributed by atoms with Crippen molar-refractivity contribution in [2.75, 3.05) is 7.11 Å². The van der Waals surface area contributed by atoms with Crippen molar-refractivity contribution in [1.82, 2.24) is 0 Å². The van der Waals surface area contributed by atoms with Crippen LogP contribution in [-0.4, -0.2) is 28.0 Å². The molecule has 0 atom stereocenters. The number of aromatic hydroxyl groups is 3. The highest BCUT2D eigenvalue weighted by Gasteiger charge is 2.31. The zero-order chi connectivity index (χ0) is 24.1. The van der Waals surface area contributed by atoms with Crippen molar-refractivity contribution in [1.29, 1.82) is 0 Å². The number of phenolic OH excluding ortho intramolecular Hbond substituents is 3. The van der Waals surface area contributed by atoms with Crippen LogP contribution in [0.1, 0.15) is 38.8 Å². The molecule has 0 unspecified atom stereocenters. The summed E-state index contributed by atoms with van der Waals surface area (Å²) in [4.78, 5) is 13.5. The fraction of sp³-hybridized carbons (Fsp3) is 0.269. The van der Waals surface area contributed by atoms with Gasteiger partial charge in [-0.1, -0.05) is 11.6 Å². The maximum absolute atomic E-state index is 13.5. The molecule has 1 aromatic heterocycles. The van der Waals surface area contributed by atoms with E-state index in [9.17, 15) is 20.1 Å². The van der Waals surface area contributed by atoms with Crippen molar-refractivity contribution in [3.05, 3.63) is 57.3 Å². The third kappa shape index (κ3) is 3.80. The molecule has 0 saturated heterocycles. The first-order valence-corrected chi connectivity index (χ1v) is 10.5. The average molecular weight is 450 g/mol. The number of benzene rings is 2. The van der Waals surface area contributed by atoms with Crippen molar-refractivity contribution in [3.8, 4) is 40.1 Å². The summed E-state index contributed by atoms with van der Waals surface area (Å²) in [6.07, 6.45) is 5.95. The number of methoxy groups -OCH3 is 1. The molecule has 0 aliphatic carbocycles. The largest absolute Gasteiger partial charge is 0.506 e. The van der Waals surface area contributed by atoms with Crippen molar-refractivity contribution in [3.63, 3.8) is 0 Å². The summed E-state index contributed by atoms with van der Waals surface area (Å²) in [5.74, 6) is -0.548. The van der Waals surface area contributed by atoms with E-state index in [0.29, 0.717) is 28.9 Å². The van der Waals surface area contributed by atoms with Gasteiger partial charge in [-0.25, -0.2) is 0 Å². The monoisotopic (exact) mass is 450 g/mol. The minimum atomic E-state index is -0.620. The third-order valence-corrected chi connectivity index (χ3v) is 5.53. The Labute approximate surface area is 190 Å². The summed E-state index contributed by atoms with van der Waals surface area (Å²) in [7, 11) is 1.33. The van der Waals surface area contributed by atoms with Crippen LogP contribution in [0.15, 0.2) is 45.1 Å². The van der Waals surface area contributed by atoms with Gasteiger partial charge in [-0.15, -0.1) is 0 Å². The highest BCUT2D eigenvalue weighted by atomic mass is 16.5. The topological polar surface area (TPSA) is 109 Å². The Morgan fingerprint density at radius 1 is 1.15 bits per heavy atom. The number of hydrogen-bond donors (Lipinski definition) is 3. The molecule has 7 nitrogen and oxygen atoms in total. The van der Waals surface area contributed by atoms with Gasteiger partial charge in [0.2, 0.25) is 11.2 Å². The lowest BCUT2D eigenvalue weighted by Crippen LogP contribution is -2.28. The van der Waals surface area contributed by atoms with Crippen LogP contribution >= 0.6 is 0 Å². The predicted octanol–water partition coefficient (Wildman–Crippen LogP) is 5.28. The molecule has 0 radical (unpaired) electrons. The molecule has 1 aliphatic rings. The van der Waals surface area contributed by atoms with Crippen LogP contribution in [0, 0.1) is 0 Å². The predicted molar refractivity (Wildman–Crippen MR) is 126 cm³/mol. The second-order valence-electron chi connectivity index (χ2n) is 8.80. The molecule has 0 amide bonds. The van der Waals surface area contributed by atoms with E-state index >= 15 is 0 Å². The number of allylic oxidation sites excluding steroid dienone is 2. The second-order valence-corrected chi connectivity index (χ2v) is 8.80. The maximum atomic E-state index is 13.5. The fourth-order valence-corrected chi connectivity index (χ4v) is 3.84. The summed E-state index contributed by atoms with van der Waals surface area (Å²) < 4.78 is 17.8. The van der Waals surface area contributed by atoms with Crippen LogP contribution in [0.25, 0.3) is 28.4 Å². The van der Waals surface area contributed by atoms with Gasteiger partial charge in [-0.2, -0.15) is 0 Å². The quantitative estimate of drug-likeness (QED) is 0.366. The highest BCUT2D eigenvalue weighted by Crippen LogP contribution is 2.46. The van der Waals surface area contributed by atoms with Gasteiger partial charge >= 0.3 is 0 Å². The Morgan fingerprint density at radius 3 is 2.52 bits per heavy atom. The molecule has 0 spiro atoms. The number of phenols is 3. The minimum Gasteiger partial charge on any atom is -0.506 e. The van der Waals surface area contributed by atoms with Crippen LogP contribution in [0.3, 0.4) is 0 Å². The van der Waals surface area contributed by atoms with E-state index in [1.807, 2.05) is 39.8 Å². The average Bonchev–Trinajstić information content (AvgIpc) is 2.74. The van der Waals surface area contributed by atoms with Gasteiger partial charge < -0.3 is 29.2 Å². The first kappa shape index (κ1) is 22.3. The smallest absolute Gasteiger partial charge is 0.239 e. The standard InChI is InChI=1S/C26H26O7/c1-13(2)6-8-16-23-15(10-11-26(3,4)33-23)20(29)19-21(30)25(31-5)22(32-24(16)19)14-7-9-17(27)18(28)12-14/h6-7,9-12,27-29H,8H2,1-5H3. The van der Waals surface area contributed by atoms with Gasteiger partial charge in [-0.3, -0.25) is 4.79 Å². The number of fused-ring (bicyclic) bond motifs is 2. The van der Waals surface area contributed by atoms with Gasteiger partial charge in [0.05, 0.1) is 12.7 Å². The molecule has 172 valence electrons. The molecular formula is C26H26O7. The molecule has 1 aliphatic heterocycles. The Balaban J connectivity index is 2.15. The lowest BCUT2D eigenvalue weighted by Gasteiger charge is -2.30.